The number of unbranched alkanes of at least 4 members (excludes halogenated alkanes) is 1. The Bertz CT molecular complexity index is 1920. The fourth-order valence-corrected chi connectivity index (χ4v) is 7.93. The van der Waals surface area contributed by atoms with Crippen LogP contribution in [0.5, 0.6) is 0 Å². The van der Waals surface area contributed by atoms with Crippen LogP contribution in [-0.2, 0) is 32.3 Å². The highest BCUT2D eigenvalue weighted by atomic mass is 127. The van der Waals surface area contributed by atoms with Crippen molar-refractivity contribution in [2.75, 3.05) is 28.2 Å². The van der Waals surface area contributed by atoms with E-state index in [1.165, 1.54) is 33.3 Å². The number of likely N-dealkylation sites (N-methyl/N-ethyl adjacent to an activating group) is 1. The van der Waals surface area contributed by atoms with E-state index in [2.05, 4.69) is 157 Å². The molecule has 2 heterocycles. The molecular weight excluding hydrogens is 721 g/mol. The number of hydrogen-bond acceptors (Lipinski definition) is 5. The standard InChI is InChI=1S/C38H44IN3O4S/c1-6-41-31-20-18-27(26-40-35(43)25-39)24-30(31)37(2,3)33(41)16-8-7-9-17-34-38(4,5)36-29-15-11-10-14-28(29)19-21-32(36)42(34)22-12-13-23-47(44,45)46/h7-11,14-21,24H,6,12-13,22-23,25-26H2,1-5H3,(H-,40,43,44,45,46). The van der Waals surface area contributed by atoms with Gasteiger partial charge in [0.2, 0.25) is 11.6 Å². The summed E-state index contributed by atoms with van der Waals surface area (Å²) < 4.78 is 36.5. The van der Waals surface area contributed by atoms with Crippen molar-refractivity contribution >= 4 is 66.5 Å². The lowest BCUT2D eigenvalue weighted by atomic mass is 9.79. The number of carbonyl (C=O) groups is 1. The largest absolute Gasteiger partial charge is 0.748 e. The Kier molecular flexibility index (Phi) is 10.5. The van der Waals surface area contributed by atoms with Gasteiger partial charge in [-0.2, -0.15) is 4.58 Å². The third-order valence-corrected chi connectivity index (χ3v) is 10.9. The maximum absolute atomic E-state index is 11.8. The highest BCUT2D eigenvalue weighted by molar-refractivity contribution is 14.1. The van der Waals surface area contributed by atoms with Gasteiger partial charge in [0.15, 0.2) is 5.71 Å². The van der Waals surface area contributed by atoms with E-state index >= 15 is 0 Å². The smallest absolute Gasteiger partial charge is 0.230 e. The predicted octanol–water partition coefficient (Wildman–Crippen LogP) is 7.41. The van der Waals surface area contributed by atoms with Crippen molar-refractivity contribution in [1.29, 1.82) is 0 Å². The minimum atomic E-state index is -4.24. The van der Waals surface area contributed by atoms with Crippen molar-refractivity contribution < 1.29 is 22.3 Å². The van der Waals surface area contributed by atoms with Crippen LogP contribution in [0.15, 0.2) is 90.7 Å². The summed E-state index contributed by atoms with van der Waals surface area (Å²) in [4.78, 5) is 14.2. The number of rotatable bonds is 12. The fraction of sp³-hybridized carbons (Fsp3) is 0.368. The van der Waals surface area contributed by atoms with Crippen LogP contribution >= 0.6 is 22.6 Å². The number of allylic oxidation sites excluding steroid dienone is 6. The van der Waals surface area contributed by atoms with E-state index in [9.17, 15) is 17.8 Å². The monoisotopic (exact) mass is 765 g/mol. The number of benzene rings is 3. The van der Waals surface area contributed by atoms with E-state index in [-0.39, 0.29) is 22.5 Å². The Balaban J connectivity index is 1.42. The molecule has 1 N–H and O–H groups in total. The number of nitrogens with one attached hydrogen (secondary N) is 1. The topological polar surface area (TPSA) is 92.6 Å². The molecule has 248 valence electrons. The van der Waals surface area contributed by atoms with Gasteiger partial charge in [0.1, 0.15) is 6.54 Å². The lowest BCUT2D eigenvalue weighted by Gasteiger charge is -2.25. The molecule has 0 aromatic heterocycles. The minimum Gasteiger partial charge on any atom is -0.748 e. The van der Waals surface area contributed by atoms with Crippen LogP contribution in [-0.4, -0.2) is 52.4 Å². The molecule has 0 fully saturated rings. The third kappa shape index (κ3) is 7.27. The Hall–Kier alpha value is -3.28. The number of anilines is 1. The van der Waals surface area contributed by atoms with Crippen LogP contribution in [0.3, 0.4) is 0 Å². The SMILES string of the molecule is CCN1/C(=C/C=C/C=C/C2=[N+](CCCCS(=O)(=O)[O-])c3ccc4ccccc4c3C2(C)C)C(C)(C)c2cc(CNC(=O)CI)ccc21. The molecule has 3 aromatic carbocycles. The first kappa shape index (κ1) is 35.0. The molecule has 0 aliphatic carbocycles. The van der Waals surface area contributed by atoms with Crippen molar-refractivity contribution in [3.63, 3.8) is 0 Å². The van der Waals surface area contributed by atoms with E-state index < -0.39 is 10.1 Å². The average molecular weight is 766 g/mol. The Morgan fingerprint density at radius 2 is 1.77 bits per heavy atom. The quantitative estimate of drug-likeness (QED) is 0.0518. The average Bonchev–Trinajstić information content (AvgIpc) is 3.39. The van der Waals surface area contributed by atoms with E-state index in [0.717, 1.165) is 23.5 Å². The number of carbonyl (C=O) groups excluding carboxylic acids is 1. The summed E-state index contributed by atoms with van der Waals surface area (Å²) in [5.74, 6) is -0.309. The van der Waals surface area contributed by atoms with E-state index in [0.29, 0.717) is 30.4 Å². The van der Waals surface area contributed by atoms with E-state index in [1.807, 2.05) is 0 Å². The number of amides is 1. The molecule has 0 spiro atoms. The molecule has 0 unspecified atom stereocenters. The van der Waals surface area contributed by atoms with E-state index in [4.69, 9.17) is 0 Å². The molecule has 3 aromatic rings. The Morgan fingerprint density at radius 1 is 1.00 bits per heavy atom. The van der Waals surface area contributed by atoms with E-state index in [1.54, 1.807) is 0 Å². The van der Waals surface area contributed by atoms with Crippen LogP contribution in [0, 0.1) is 0 Å². The summed E-state index contributed by atoms with van der Waals surface area (Å²) in [6.45, 7) is 13.1. The fourth-order valence-electron chi connectivity index (χ4n) is 7.10. The lowest BCUT2D eigenvalue weighted by Crippen LogP contribution is -2.28. The van der Waals surface area contributed by atoms with Gasteiger partial charge < -0.3 is 14.8 Å². The van der Waals surface area contributed by atoms with Crippen LogP contribution in [0.4, 0.5) is 11.4 Å². The first-order valence-electron chi connectivity index (χ1n) is 16.2. The summed E-state index contributed by atoms with van der Waals surface area (Å²) in [6.07, 6.45) is 11.5. The lowest BCUT2D eigenvalue weighted by molar-refractivity contribution is -0.438. The van der Waals surface area contributed by atoms with Gasteiger partial charge in [-0.3, -0.25) is 4.79 Å². The van der Waals surface area contributed by atoms with Crippen LogP contribution < -0.4 is 10.2 Å². The minimum absolute atomic E-state index is 0.0357. The molecule has 5 rings (SSSR count). The first-order chi connectivity index (χ1) is 22.3. The zero-order valence-electron chi connectivity index (χ0n) is 27.8. The molecule has 7 nitrogen and oxygen atoms in total. The van der Waals surface area contributed by atoms with Gasteiger partial charge in [0.05, 0.1) is 20.0 Å². The van der Waals surface area contributed by atoms with Gasteiger partial charge in [-0.1, -0.05) is 91.1 Å². The number of halogens is 1. The molecule has 0 atom stereocenters. The summed E-state index contributed by atoms with van der Waals surface area (Å²) in [5.41, 5.74) is 7.79. The third-order valence-electron chi connectivity index (χ3n) is 9.39. The zero-order chi connectivity index (χ0) is 34.0. The molecule has 9 heteroatoms. The maximum atomic E-state index is 11.8. The van der Waals surface area contributed by atoms with Crippen LogP contribution in [0.2, 0.25) is 0 Å². The van der Waals surface area contributed by atoms with Crippen molar-refractivity contribution in [2.24, 2.45) is 0 Å². The molecule has 0 bridgehead atoms. The molecule has 2 aliphatic heterocycles. The molecule has 47 heavy (non-hydrogen) atoms. The zero-order valence-corrected chi connectivity index (χ0v) is 30.8. The van der Waals surface area contributed by atoms with Crippen molar-refractivity contribution in [2.45, 2.75) is 64.8 Å². The first-order valence-corrected chi connectivity index (χ1v) is 19.3. The number of hydrogen-bond donors (Lipinski definition) is 1. The number of alkyl halides is 1. The molecule has 0 saturated heterocycles. The van der Waals surface area contributed by atoms with Gasteiger partial charge >= 0.3 is 0 Å². The van der Waals surface area contributed by atoms with Gasteiger partial charge in [0, 0.05) is 59.8 Å². The Labute approximate surface area is 293 Å². The summed E-state index contributed by atoms with van der Waals surface area (Å²) >= 11 is 2.08. The second kappa shape index (κ2) is 14.1. The highest BCUT2D eigenvalue weighted by Crippen LogP contribution is 2.48. The predicted molar refractivity (Wildman–Crippen MR) is 200 cm³/mol. The van der Waals surface area contributed by atoms with Crippen LogP contribution in [0.25, 0.3) is 10.8 Å². The second-order valence-electron chi connectivity index (χ2n) is 13.2. The number of fused-ring (bicyclic) bond motifs is 4. The van der Waals surface area contributed by atoms with Crippen molar-refractivity contribution in [3.05, 3.63) is 107 Å². The second-order valence-corrected chi connectivity index (χ2v) is 15.5. The maximum Gasteiger partial charge on any atom is 0.230 e. The number of nitrogens with zero attached hydrogens (tertiary/aromatic N) is 2. The molecule has 1 amide bonds. The summed E-state index contributed by atoms with van der Waals surface area (Å²) in [7, 11) is -4.24. The summed E-state index contributed by atoms with van der Waals surface area (Å²) in [6, 6.07) is 19.2. The Morgan fingerprint density at radius 3 is 2.49 bits per heavy atom. The molecule has 2 aliphatic rings. The van der Waals surface area contributed by atoms with Crippen LogP contribution in [0.1, 0.15) is 64.2 Å². The molecule has 0 saturated carbocycles. The van der Waals surface area contributed by atoms with Gasteiger partial charge in [-0.25, -0.2) is 8.42 Å². The summed E-state index contributed by atoms with van der Waals surface area (Å²) in [5, 5.41) is 5.38. The normalized spacial score (nSPS) is 17.8. The van der Waals surface area contributed by atoms with Gasteiger partial charge in [-0.15, -0.1) is 0 Å². The molecule has 0 radical (unpaired) electrons. The van der Waals surface area contributed by atoms with Gasteiger partial charge in [0.25, 0.3) is 0 Å². The highest BCUT2D eigenvalue weighted by Gasteiger charge is 2.45. The van der Waals surface area contributed by atoms with Crippen molar-refractivity contribution in [3.8, 4) is 0 Å². The van der Waals surface area contributed by atoms with Crippen molar-refractivity contribution in [1.82, 2.24) is 5.32 Å². The molecular formula is C38H44IN3O4S. The van der Waals surface area contributed by atoms with Gasteiger partial charge in [-0.05, 0) is 67.3 Å².